The average Bonchev–Trinajstić information content (AvgIpc) is 3.22. The number of carbonyl (C=O) groups excluding carboxylic acids is 1. The Balaban J connectivity index is 1.70. The van der Waals surface area contributed by atoms with E-state index in [1.54, 1.807) is 19.1 Å². The number of H-pyrrole nitrogens is 1. The smallest absolute Gasteiger partial charge is 0.243 e. The van der Waals surface area contributed by atoms with Crippen LogP contribution in [0.25, 0.3) is 0 Å². The lowest BCUT2D eigenvalue weighted by Crippen LogP contribution is -2.41. The van der Waals surface area contributed by atoms with Crippen molar-refractivity contribution in [1.82, 2.24) is 24.8 Å². The first-order valence-corrected chi connectivity index (χ1v) is 12.7. The first kappa shape index (κ1) is 24.7. The molecule has 0 spiro atoms. The highest BCUT2D eigenvalue weighted by atomic mass is 32.2. The van der Waals surface area contributed by atoms with Crippen molar-refractivity contribution >= 4 is 27.7 Å². The zero-order chi connectivity index (χ0) is 23.8. The molecule has 0 aliphatic heterocycles. The summed E-state index contributed by atoms with van der Waals surface area (Å²) in [5, 5.41) is 10.2. The van der Waals surface area contributed by atoms with Crippen molar-refractivity contribution < 1.29 is 17.9 Å². The van der Waals surface area contributed by atoms with Gasteiger partial charge in [0.05, 0.1) is 18.6 Å². The second-order valence-corrected chi connectivity index (χ2v) is 10.3. The molecule has 0 fully saturated rings. The molecule has 0 bridgehead atoms. The molecule has 0 aliphatic rings. The van der Waals surface area contributed by atoms with E-state index in [-0.39, 0.29) is 23.9 Å². The molecule has 2 aromatic carbocycles. The van der Waals surface area contributed by atoms with Crippen LogP contribution in [0.15, 0.2) is 58.6 Å². The molecule has 3 rings (SSSR count). The highest BCUT2D eigenvalue weighted by Crippen LogP contribution is 2.24. The van der Waals surface area contributed by atoms with Gasteiger partial charge in [-0.25, -0.2) is 13.4 Å². The molecule has 0 atom stereocenters. The van der Waals surface area contributed by atoms with E-state index in [1.165, 1.54) is 29.2 Å². The van der Waals surface area contributed by atoms with Crippen LogP contribution in [0.5, 0.6) is 5.75 Å². The van der Waals surface area contributed by atoms with E-state index >= 15 is 0 Å². The van der Waals surface area contributed by atoms with Crippen molar-refractivity contribution in [2.75, 3.05) is 26.0 Å². The first-order chi connectivity index (χ1) is 15.8. The lowest BCUT2D eigenvalue weighted by Gasteiger charge is -2.22. The summed E-state index contributed by atoms with van der Waals surface area (Å²) < 4.78 is 33.3. The predicted octanol–water partition coefficient (Wildman–Crippen LogP) is 2.53. The van der Waals surface area contributed by atoms with E-state index < -0.39 is 10.0 Å². The number of methoxy groups -OCH3 is 1. The zero-order valence-electron chi connectivity index (χ0n) is 18.7. The number of ether oxygens (including phenoxy) is 1. The maximum atomic E-state index is 13.4. The molecule has 0 radical (unpaired) electrons. The van der Waals surface area contributed by atoms with Gasteiger partial charge in [0.15, 0.2) is 0 Å². The van der Waals surface area contributed by atoms with Crippen LogP contribution in [0, 0.1) is 13.8 Å². The van der Waals surface area contributed by atoms with E-state index in [1.807, 2.05) is 37.3 Å². The number of hydrogen-bond donors (Lipinski definition) is 2. The zero-order valence-corrected chi connectivity index (χ0v) is 20.4. The minimum atomic E-state index is -3.93. The fourth-order valence-electron chi connectivity index (χ4n) is 3.11. The quantitative estimate of drug-likeness (QED) is 0.314. The highest BCUT2D eigenvalue weighted by Gasteiger charge is 2.27. The average molecular weight is 490 g/mol. The largest absolute Gasteiger partial charge is 0.496 e. The fourth-order valence-corrected chi connectivity index (χ4v) is 5.28. The maximum absolute atomic E-state index is 13.4. The summed E-state index contributed by atoms with van der Waals surface area (Å²) in [5.41, 5.74) is 1.48. The molecule has 11 heteroatoms. The van der Waals surface area contributed by atoms with Gasteiger partial charge in [-0.1, -0.05) is 42.1 Å². The number of aryl methyl sites for hydroxylation is 2. The third-order valence-electron chi connectivity index (χ3n) is 4.76. The number of thioether (sulfide) groups is 1. The Kier molecular flexibility index (Phi) is 8.48. The summed E-state index contributed by atoms with van der Waals surface area (Å²) in [6, 6.07) is 13.8. The van der Waals surface area contributed by atoms with Crippen molar-refractivity contribution in [3.63, 3.8) is 0 Å². The van der Waals surface area contributed by atoms with E-state index in [0.717, 1.165) is 11.4 Å². The second-order valence-electron chi connectivity index (χ2n) is 7.29. The summed E-state index contributed by atoms with van der Waals surface area (Å²) in [6.07, 6.45) is 0. The Labute approximate surface area is 198 Å². The van der Waals surface area contributed by atoms with Crippen molar-refractivity contribution in [2.24, 2.45) is 0 Å². The maximum Gasteiger partial charge on any atom is 0.243 e. The topological polar surface area (TPSA) is 117 Å². The Morgan fingerprint density at radius 1 is 1.18 bits per heavy atom. The Morgan fingerprint density at radius 3 is 2.58 bits per heavy atom. The van der Waals surface area contributed by atoms with Gasteiger partial charge < -0.3 is 10.1 Å². The number of rotatable bonds is 11. The SMILES string of the molecule is COc1ccc(S(=O)(=O)N(CC(=O)NCCSc2n[nH]c(C)n2)Cc2ccccc2)cc1C. The van der Waals surface area contributed by atoms with Gasteiger partial charge in [0.1, 0.15) is 11.6 Å². The molecule has 3 aromatic rings. The summed E-state index contributed by atoms with van der Waals surface area (Å²) >= 11 is 1.40. The predicted molar refractivity (Wildman–Crippen MR) is 127 cm³/mol. The molecule has 2 N–H and O–H groups in total. The third-order valence-corrected chi connectivity index (χ3v) is 7.39. The van der Waals surface area contributed by atoms with E-state index in [0.29, 0.717) is 28.8 Å². The lowest BCUT2D eigenvalue weighted by molar-refractivity contribution is -0.121. The molecule has 0 saturated heterocycles. The summed E-state index contributed by atoms with van der Waals surface area (Å²) in [7, 11) is -2.39. The van der Waals surface area contributed by atoms with Crippen molar-refractivity contribution in [2.45, 2.75) is 30.4 Å². The lowest BCUT2D eigenvalue weighted by atomic mass is 10.2. The van der Waals surface area contributed by atoms with Crippen LogP contribution in [-0.2, 0) is 21.4 Å². The van der Waals surface area contributed by atoms with Crippen LogP contribution in [0.1, 0.15) is 17.0 Å². The van der Waals surface area contributed by atoms with Crippen molar-refractivity contribution in [1.29, 1.82) is 0 Å². The van der Waals surface area contributed by atoms with Gasteiger partial charge in [0.25, 0.3) is 0 Å². The molecule has 0 saturated carbocycles. The van der Waals surface area contributed by atoms with Gasteiger partial charge in [0.2, 0.25) is 21.1 Å². The monoisotopic (exact) mass is 489 g/mol. The van der Waals surface area contributed by atoms with E-state index in [2.05, 4.69) is 20.5 Å². The summed E-state index contributed by atoms with van der Waals surface area (Å²) in [6.45, 7) is 3.72. The van der Waals surface area contributed by atoms with Crippen molar-refractivity contribution in [3.05, 3.63) is 65.5 Å². The van der Waals surface area contributed by atoms with Gasteiger partial charge in [-0.3, -0.25) is 9.89 Å². The number of benzene rings is 2. The Morgan fingerprint density at radius 2 is 1.94 bits per heavy atom. The number of hydrogen-bond acceptors (Lipinski definition) is 7. The number of aromatic amines is 1. The summed E-state index contributed by atoms with van der Waals surface area (Å²) in [4.78, 5) is 16.9. The molecule has 1 heterocycles. The van der Waals surface area contributed by atoms with Crippen LogP contribution in [0.2, 0.25) is 0 Å². The van der Waals surface area contributed by atoms with Crippen LogP contribution in [-0.4, -0.2) is 59.8 Å². The molecule has 1 aromatic heterocycles. The van der Waals surface area contributed by atoms with E-state index in [4.69, 9.17) is 4.74 Å². The molecular formula is C22H27N5O4S2. The van der Waals surface area contributed by atoms with Crippen LogP contribution in [0.4, 0.5) is 0 Å². The normalized spacial score (nSPS) is 11.5. The minimum Gasteiger partial charge on any atom is -0.496 e. The molecule has 0 unspecified atom stereocenters. The molecule has 176 valence electrons. The highest BCUT2D eigenvalue weighted by molar-refractivity contribution is 7.99. The van der Waals surface area contributed by atoms with E-state index in [9.17, 15) is 13.2 Å². The minimum absolute atomic E-state index is 0.0763. The fraction of sp³-hybridized carbons (Fsp3) is 0.318. The second kappa shape index (κ2) is 11.3. The number of amides is 1. The molecule has 9 nitrogen and oxygen atoms in total. The van der Waals surface area contributed by atoms with Crippen molar-refractivity contribution in [3.8, 4) is 5.75 Å². The van der Waals surface area contributed by atoms with Gasteiger partial charge in [-0.2, -0.15) is 4.31 Å². The molecule has 1 amide bonds. The van der Waals surface area contributed by atoms with Gasteiger partial charge in [-0.05, 0) is 43.2 Å². The van der Waals surface area contributed by atoms with Crippen LogP contribution >= 0.6 is 11.8 Å². The van der Waals surface area contributed by atoms with Gasteiger partial charge in [0, 0.05) is 18.8 Å². The van der Waals surface area contributed by atoms with Crippen LogP contribution in [0.3, 0.4) is 0 Å². The Hall–Kier alpha value is -2.89. The Bertz CT molecular complexity index is 1180. The standard InChI is InChI=1S/C22H27N5O4S2/c1-16-13-19(9-10-20(16)31-3)33(29,30)27(14-18-7-5-4-6-8-18)15-21(28)23-11-12-32-22-24-17(2)25-26-22/h4-10,13H,11-12,14-15H2,1-3H3,(H,23,28)(H,24,25,26). The molecular weight excluding hydrogens is 462 g/mol. The number of nitrogens with one attached hydrogen (secondary N) is 2. The van der Waals surface area contributed by atoms with Gasteiger partial charge >= 0.3 is 0 Å². The molecule has 33 heavy (non-hydrogen) atoms. The van der Waals surface area contributed by atoms with Gasteiger partial charge in [-0.15, -0.1) is 5.10 Å². The summed E-state index contributed by atoms with van der Waals surface area (Å²) in [5.74, 6) is 1.50. The molecule has 0 aliphatic carbocycles. The number of nitrogens with zero attached hydrogens (tertiary/aromatic N) is 3. The number of sulfonamides is 1. The first-order valence-electron chi connectivity index (χ1n) is 10.3. The van der Waals surface area contributed by atoms with Crippen LogP contribution < -0.4 is 10.1 Å². The number of aromatic nitrogens is 3. The number of carbonyl (C=O) groups is 1. The third kappa shape index (κ3) is 6.80.